The number of benzene rings is 2. The molecule has 1 aliphatic heterocycles. The minimum absolute atomic E-state index is 0.0637. The van der Waals surface area contributed by atoms with Crippen molar-refractivity contribution in [2.75, 3.05) is 25.5 Å². The van der Waals surface area contributed by atoms with E-state index in [1.165, 1.54) is 16.7 Å². The Morgan fingerprint density at radius 2 is 1.90 bits per heavy atom. The van der Waals surface area contributed by atoms with E-state index in [0.717, 1.165) is 29.5 Å². The van der Waals surface area contributed by atoms with Gasteiger partial charge in [-0.25, -0.2) is 4.39 Å². The minimum Gasteiger partial charge on any atom is -0.497 e. The van der Waals surface area contributed by atoms with Crippen molar-refractivity contribution in [2.45, 2.75) is 32.2 Å². The molecule has 2 aromatic heterocycles. The van der Waals surface area contributed by atoms with Gasteiger partial charge in [-0.15, -0.1) is 0 Å². The number of nitrogens with one attached hydrogen (secondary N) is 1. The molecule has 2 aromatic carbocycles. The Balaban J connectivity index is 1.47. The summed E-state index contributed by atoms with van der Waals surface area (Å²) in [6.45, 7) is 3.19. The van der Waals surface area contributed by atoms with E-state index in [9.17, 15) is 14.0 Å². The second kappa shape index (κ2) is 11.9. The van der Waals surface area contributed by atoms with Crippen LogP contribution in [0.3, 0.4) is 0 Å². The van der Waals surface area contributed by atoms with Gasteiger partial charge in [-0.2, -0.15) is 0 Å². The third kappa shape index (κ3) is 5.87. The Kier molecular flexibility index (Phi) is 8.16. The largest absolute Gasteiger partial charge is 0.497 e. The normalized spacial score (nSPS) is 13.8. The van der Waals surface area contributed by atoms with Gasteiger partial charge in [0.05, 0.1) is 24.9 Å². The van der Waals surface area contributed by atoms with Crippen LogP contribution >= 0.6 is 11.6 Å². The number of anilines is 2. The first kappa shape index (κ1) is 27.4. The number of carbonyl (C=O) groups excluding carboxylic acids is 1. The lowest BCUT2D eigenvalue weighted by molar-refractivity contribution is 0.0713. The molecule has 1 aliphatic rings. The van der Waals surface area contributed by atoms with Gasteiger partial charge in [0.15, 0.2) is 0 Å². The number of ether oxygens (including phenoxy) is 1. The SMILES string of the molecule is COc1ccc(Nc2c(C(=O)N3CCC(c4ccc(F)cc4)CC3)cn(Cc3cccnc3)c(=O)c2Cl)c(C)c1. The fourth-order valence-electron chi connectivity index (χ4n) is 5.08. The maximum absolute atomic E-state index is 14.0. The van der Waals surface area contributed by atoms with Crippen LogP contribution in [0.2, 0.25) is 5.02 Å². The maximum Gasteiger partial charge on any atom is 0.271 e. The highest BCUT2D eigenvalue weighted by molar-refractivity contribution is 6.34. The summed E-state index contributed by atoms with van der Waals surface area (Å²) in [5.41, 5.74) is 3.62. The first-order valence-corrected chi connectivity index (χ1v) is 13.5. The summed E-state index contributed by atoms with van der Waals surface area (Å²) in [4.78, 5) is 33.2. The first-order valence-electron chi connectivity index (χ1n) is 13.1. The molecule has 1 fully saturated rings. The summed E-state index contributed by atoms with van der Waals surface area (Å²) in [7, 11) is 1.59. The smallest absolute Gasteiger partial charge is 0.271 e. The Morgan fingerprint density at radius 3 is 2.55 bits per heavy atom. The molecule has 0 unspecified atom stereocenters. The van der Waals surface area contributed by atoms with Crippen molar-refractivity contribution in [3.8, 4) is 5.75 Å². The van der Waals surface area contributed by atoms with Crippen LogP contribution in [0.5, 0.6) is 5.75 Å². The number of aromatic nitrogens is 2. The van der Waals surface area contributed by atoms with Gasteiger partial charge in [0.1, 0.15) is 16.6 Å². The molecule has 0 spiro atoms. The number of rotatable bonds is 7. The molecule has 9 heteroatoms. The van der Waals surface area contributed by atoms with Crippen LogP contribution in [0.15, 0.2) is 78.0 Å². The summed E-state index contributed by atoms with van der Waals surface area (Å²) < 4.78 is 20.2. The second-order valence-corrected chi connectivity index (χ2v) is 10.3. The Bertz CT molecular complexity index is 1570. The van der Waals surface area contributed by atoms with Gasteiger partial charge in [-0.3, -0.25) is 14.6 Å². The lowest BCUT2D eigenvalue weighted by atomic mass is 9.89. The summed E-state index contributed by atoms with van der Waals surface area (Å²) >= 11 is 6.69. The van der Waals surface area contributed by atoms with Crippen molar-refractivity contribution < 1.29 is 13.9 Å². The number of hydrogen-bond donors (Lipinski definition) is 1. The van der Waals surface area contributed by atoms with Gasteiger partial charge in [-0.05, 0) is 78.8 Å². The van der Waals surface area contributed by atoms with E-state index in [1.54, 1.807) is 42.7 Å². The summed E-state index contributed by atoms with van der Waals surface area (Å²) in [6.07, 6.45) is 6.42. The number of halogens is 2. The molecule has 40 heavy (non-hydrogen) atoms. The van der Waals surface area contributed by atoms with E-state index in [2.05, 4.69) is 10.3 Å². The van der Waals surface area contributed by atoms with Crippen LogP contribution in [-0.2, 0) is 6.54 Å². The molecule has 0 bridgehead atoms. The highest BCUT2D eigenvalue weighted by Gasteiger charge is 2.28. The number of methoxy groups -OCH3 is 1. The number of nitrogens with zero attached hydrogens (tertiary/aromatic N) is 3. The zero-order chi connectivity index (χ0) is 28.2. The molecule has 0 saturated carbocycles. The third-order valence-corrected chi connectivity index (χ3v) is 7.70. The molecule has 206 valence electrons. The molecule has 5 rings (SSSR count). The van der Waals surface area contributed by atoms with Gasteiger partial charge < -0.3 is 19.5 Å². The predicted molar refractivity (Wildman–Crippen MR) is 154 cm³/mol. The molecule has 0 aliphatic carbocycles. The fourth-order valence-corrected chi connectivity index (χ4v) is 5.34. The average molecular weight is 561 g/mol. The summed E-state index contributed by atoms with van der Waals surface area (Å²) in [5.74, 6) is 0.462. The predicted octanol–water partition coefficient (Wildman–Crippen LogP) is 6.16. The van der Waals surface area contributed by atoms with Gasteiger partial charge in [0.2, 0.25) is 0 Å². The first-order chi connectivity index (χ1) is 19.3. The molecule has 0 radical (unpaired) electrons. The van der Waals surface area contributed by atoms with Crippen molar-refractivity contribution in [2.24, 2.45) is 0 Å². The zero-order valence-electron chi connectivity index (χ0n) is 22.4. The van der Waals surface area contributed by atoms with Crippen LogP contribution < -0.4 is 15.6 Å². The molecule has 0 atom stereocenters. The fraction of sp³-hybridized carbons (Fsp3) is 0.258. The van der Waals surface area contributed by atoms with E-state index in [4.69, 9.17) is 16.3 Å². The molecular weight excluding hydrogens is 531 g/mol. The lowest BCUT2D eigenvalue weighted by Gasteiger charge is -2.33. The highest BCUT2D eigenvalue weighted by Crippen LogP contribution is 2.33. The van der Waals surface area contributed by atoms with Crippen LogP contribution in [-0.4, -0.2) is 40.6 Å². The number of hydrogen-bond acceptors (Lipinski definition) is 5. The number of likely N-dealkylation sites (tertiary alicyclic amines) is 1. The molecule has 3 heterocycles. The van der Waals surface area contributed by atoms with Crippen molar-refractivity contribution in [3.63, 3.8) is 0 Å². The molecule has 1 saturated heterocycles. The van der Waals surface area contributed by atoms with Crippen molar-refractivity contribution in [1.82, 2.24) is 14.5 Å². The number of carbonyl (C=O) groups is 1. The van der Waals surface area contributed by atoms with Crippen molar-refractivity contribution >= 4 is 28.9 Å². The van der Waals surface area contributed by atoms with Crippen LogP contribution in [0, 0.1) is 12.7 Å². The van der Waals surface area contributed by atoms with E-state index < -0.39 is 5.56 Å². The third-order valence-electron chi connectivity index (χ3n) is 7.35. The molecule has 4 aromatic rings. The zero-order valence-corrected chi connectivity index (χ0v) is 23.1. The Morgan fingerprint density at radius 1 is 1.15 bits per heavy atom. The summed E-state index contributed by atoms with van der Waals surface area (Å²) in [6, 6.07) is 15.7. The molecular formula is C31H30ClFN4O3. The Labute approximate surface area is 237 Å². The standard InChI is InChI=1S/C31H30ClFN4O3/c1-20-16-25(40-2)9-10-27(20)35-29-26(19-37(31(39)28(29)32)18-21-4-3-13-34-17-21)30(38)36-14-11-23(12-15-36)22-5-7-24(33)8-6-22/h3-10,13,16-17,19,23,35H,11-12,14-15,18H2,1-2H3. The van der Waals surface area contributed by atoms with E-state index in [1.807, 2.05) is 37.3 Å². The van der Waals surface area contributed by atoms with Gasteiger partial charge >= 0.3 is 0 Å². The molecule has 7 nitrogen and oxygen atoms in total. The maximum atomic E-state index is 14.0. The average Bonchev–Trinajstić information content (AvgIpc) is 2.98. The number of piperidine rings is 1. The van der Waals surface area contributed by atoms with Crippen molar-refractivity contribution in [1.29, 1.82) is 0 Å². The topological polar surface area (TPSA) is 76.5 Å². The summed E-state index contributed by atoms with van der Waals surface area (Å²) in [5, 5.41) is 3.19. The minimum atomic E-state index is -0.411. The molecule has 1 amide bonds. The van der Waals surface area contributed by atoms with Crippen LogP contribution in [0.1, 0.15) is 45.8 Å². The molecule has 1 N–H and O–H groups in total. The van der Waals surface area contributed by atoms with Crippen LogP contribution in [0.25, 0.3) is 0 Å². The Hall–Kier alpha value is -4.17. The number of aryl methyl sites for hydroxylation is 1. The van der Waals surface area contributed by atoms with E-state index in [-0.39, 0.29) is 34.9 Å². The van der Waals surface area contributed by atoms with Gasteiger partial charge in [0, 0.05) is 37.4 Å². The second-order valence-electron chi connectivity index (χ2n) is 9.95. The van der Waals surface area contributed by atoms with Crippen molar-refractivity contribution in [3.05, 3.63) is 117 Å². The lowest BCUT2D eigenvalue weighted by Crippen LogP contribution is -2.39. The van der Waals surface area contributed by atoms with E-state index in [0.29, 0.717) is 30.1 Å². The monoisotopic (exact) mass is 560 g/mol. The van der Waals surface area contributed by atoms with Gasteiger partial charge in [0.25, 0.3) is 11.5 Å². The number of amides is 1. The highest BCUT2D eigenvalue weighted by atomic mass is 35.5. The quantitative estimate of drug-likeness (QED) is 0.293. The van der Waals surface area contributed by atoms with Gasteiger partial charge in [-0.1, -0.05) is 29.8 Å². The van der Waals surface area contributed by atoms with E-state index >= 15 is 0 Å². The van der Waals surface area contributed by atoms with Crippen LogP contribution in [0.4, 0.5) is 15.8 Å². The number of pyridine rings is 2.